The van der Waals surface area contributed by atoms with E-state index < -0.39 is 24.9 Å². The van der Waals surface area contributed by atoms with Crippen LogP contribution in [-0.4, -0.2) is 29.0 Å². The van der Waals surface area contributed by atoms with E-state index >= 15 is 0 Å². The quantitative estimate of drug-likeness (QED) is 0.868. The molecule has 0 radical (unpaired) electrons. The summed E-state index contributed by atoms with van der Waals surface area (Å²) in [5.74, 6) is -2.25. The highest BCUT2D eigenvalue weighted by Gasteiger charge is 2.30. The Bertz CT molecular complexity index is 367. The van der Waals surface area contributed by atoms with Crippen LogP contribution in [0.5, 0.6) is 0 Å². The Labute approximate surface area is 95.0 Å². The van der Waals surface area contributed by atoms with Crippen LogP contribution in [0.3, 0.4) is 0 Å². The number of alkyl halides is 3. The predicted molar refractivity (Wildman–Crippen MR) is 51.2 cm³/mol. The number of aromatic nitrogens is 1. The molecule has 7 heteroatoms. The SMILES string of the molecule is O=C(O)C(CCOC(F)(F)F)c1cccnc1. The first kappa shape index (κ1) is 13.4. The summed E-state index contributed by atoms with van der Waals surface area (Å²) in [6, 6.07) is 3.02. The Morgan fingerprint density at radius 1 is 1.53 bits per heavy atom. The van der Waals surface area contributed by atoms with E-state index in [2.05, 4.69) is 9.72 Å². The third-order valence-electron chi connectivity index (χ3n) is 2.06. The molecule has 17 heavy (non-hydrogen) atoms. The Hall–Kier alpha value is -1.63. The zero-order valence-corrected chi connectivity index (χ0v) is 8.65. The van der Waals surface area contributed by atoms with Gasteiger partial charge in [0.2, 0.25) is 0 Å². The van der Waals surface area contributed by atoms with Crippen molar-refractivity contribution in [2.24, 2.45) is 0 Å². The number of halogens is 3. The van der Waals surface area contributed by atoms with E-state index in [9.17, 15) is 18.0 Å². The number of hydrogen-bond donors (Lipinski definition) is 1. The molecule has 0 amide bonds. The topological polar surface area (TPSA) is 59.4 Å². The first-order chi connectivity index (χ1) is 7.90. The number of hydrogen-bond acceptors (Lipinski definition) is 3. The zero-order chi connectivity index (χ0) is 12.9. The van der Waals surface area contributed by atoms with E-state index in [1.807, 2.05) is 0 Å². The van der Waals surface area contributed by atoms with Gasteiger partial charge in [0, 0.05) is 12.4 Å². The van der Waals surface area contributed by atoms with Gasteiger partial charge in [0.15, 0.2) is 0 Å². The number of carbonyl (C=O) groups is 1. The maximum absolute atomic E-state index is 11.7. The lowest BCUT2D eigenvalue weighted by atomic mass is 9.98. The van der Waals surface area contributed by atoms with Crippen molar-refractivity contribution < 1.29 is 27.8 Å². The molecule has 0 aliphatic carbocycles. The van der Waals surface area contributed by atoms with Gasteiger partial charge in [-0.05, 0) is 18.1 Å². The second-order valence-electron chi connectivity index (χ2n) is 3.26. The molecule has 1 heterocycles. The maximum atomic E-state index is 11.7. The molecule has 0 aromatic carbocycles. The van der Waals surface area contributed by atoms with Crippen LogP contribution in [0.1, 0.15) is 17.9 Å². The highest BCUT2D eigenvalue weighted by molar-refractivity contribution is 5.75. The summed E-state index contributed by atoms with van der Waals surface area (Å²) in [7, 11) is 0. The summed E-state index contributed by atoms with van der Waals surface area (Å²) in [4.78, 5) is 14.6. The van der Waals surface area contributed by atoms with Gasteiger partial charge in [0.1, 0.15) is 0 Å². The van der Waals surface area contributed by atoms with Gasteiger partial charge in [0.25, 0.3) is 0 Å². The Morgan fingerprint density at radius 2 is 2.24 bits per heavy atom. The van der Waals surface area contributed by atoms with Gasteiger partial charge in [0.05, 0.1) is 12.5 Å². The molecule has 94 valence electrons. The van der Waals surface area contributed by atoms with E-state index in [1.54, 1.807) is 0 Å². The molecule has 0 aliphatic heterocycles. The molecule has 1 N–H and O–H groups in total. The van der Waals surface area contributed by atoms with Crippen molar-refractivity contribution in [2.45, 2.75) is 18.7 Å². The molecular formula is C10H10F3NO3. The van der Waals surface area contributed by atoms with E-state index in [0.717, 1.165) is 0 Å². The van der Waals surface area contributed by atoms with Crippen LogP contribution in [-0.2, 0) is 9.53 Å². The maximum Gasteiger partial charge on any atom is 0.522 e. The minimum absolute atomic E-state index is 0.263. The Kier molecular flexibility index (Phi) is 4.45. The van der Waals surface area contributed by atoms with Gasteiger partial charge in [-0.3, -0.25) is 14.5 Å². The Morgan fingerprint density at radius 3 is 2.71 bits per heavy atom. The minimum atomic E-state index is -4.74. The van der Waals surface area contributed by atoms with Crippen LogP contribution in [0, 0.1) is 0 Å². The van der Waals surface area contributed by atoms with E-state index in [-0.39, 0.29) is 6.42 Å². The van der Waals surface area contributed by atoms with Crippen LogP contribution in [0.4, 0.5) is 13.2 Å². The number of rotatable bonds is 5. The number of aliphatic carboxylic acids is 1. The molecule has 0 aliphatic rings. The molecule has 1 rings (SSSR count). The van der Waals surface area contributed by atoms with Gasteiger partial charge in [-0.25, -0.2) is 0 Å². The molecule has 0 spiro atoms. The van der Waals surface area contributed by atoms with E-state index in [1.165, 1.54) is 24.5 Å². The molecule has 1 unspecified atom stereocenters. The fourth-order valence-corrected chi connectivity index (χ4v) is 1.31. The Balaban J connectivity index is 2.60. The van der Waals surface area contributed by atoms with Gasteiger partial charge in [-0.1, -0.05) is 6.07 Å². The van der Waals surface area contributed by atoms with Crippen LogP contribution in [0.25, 0.3) is 0 Å². The average molecular weight is 249 g/mol. The lowest BCUT2D eigenvalue weighted by molar-refractivity contribution is -0.325. The van der Waals surface area contributed by atoms with Gasteiger partial charge >= 0.3 is 12.3 Å². The summed E-state index contributed by atoms with van der Waals surface area (Å²) >= 11 is 0. The normalized spacial score (nSPS) is 13.4. The molecule has 0 fully saturated rings. The summed E-state index contributed by atoms with van der Waals surface area (Å²) in [5, 5.41) is 8.89. The fraction of sp³-hybridized carbons (Fsp3) is 0.400. The number of nitrogens with zero attached hydrogens (tertiary/aromatic N) is 1. The molecule has 1 aromatic rings. The monoisotopic (exact) mass is 249 g/mol. The number of carboxylic acids is 1. The summed E-state index contributed by atoms with van der Waals surface area (Å²) in [6.07, 6.45) is -2.24. The number of ether oxygens (including phenoxy) is 1. The average Bonchev–Trinajstić information content (AvgIpc) is 2.23. The highest BCUT2D eigenvalue weighted by Crippen LogP contribution is 2.22. The molecular weight excluding hydrogens is 239 g/mol. The third kappa shape index (κ3) is 4.81. The largest absolute Gasteiger partial charge is 0.522 e. The fourth-order valence-electron chi connectivity index (χ4n) is 1.31. The summed E-state index contributed by atoms with van der Waals surface area (Å²) < 4.78 is 38.7. The first-order valence-corrected chi connectivity index (χ1v) is 4.73. The third-order valence-corrected chi connectivity index (χ3v) is 2.06. The van der Waals surface area contributed by atoms with E-state index in [4.69, 9.17) is 5.11 Å². The smallest absolute Gasteiger partial charge is 0.481 e. The lowest BCUT2D eigenvalue weighted by Gasteiger charge is -2.13. The molecule has 0 bridgehead atoms. The molecule has 1 aromatic heterocycles. The van der Waals surface area contributed by atoms with Gasteiger partial charge < -0.3 is 5.11 Å². The lowest BCUT2D eigenvalue weighted by Crippen LogP contribution is -2.19. The second-order valence-corrected chi connectivity index (χ2v) is 3.26. The number of carboxylic acid groups (broad SMARTS) is 1. The van der Waals surface area contributed by atoms with Crippen molar-refractivity contribution in [2.75, 3.05) is 6.61 Å². The van der Waals surface area contributed by atoms with Gasteiger partial charge in [-0.15, -0.1) is 13.2 Å². The molecule has 0 saturated heterocycles. The zero-order valence-electron chi connectivity index (χ0n) is 8.65. The molecule has 4 nitrogen and oxygen atoms in total. The van der Waals surface area contributed by atoms with Crippen LogP contribution in [0.2, 0.25) is 0 Å². The number of pyridine rings is 1. The van der Waals surface area contributed by atoms with Crippen LogP contribution < -0.4 is 0 Å². The van der Waals surface area contributed by atoms with Crippen molar-refractivity contribution in [1.82, 2.24) is 4.98 Å². The summed E-state index contributed by atoms with van der Waals surface area (Å²) in [5.41, 5.74) is 0.353. The summed E-state index contributed by atoms with van der Waals surface area (Å²) in [6.45, 7) is -0.699. The minimum Gasteiger partial charge on any atom is -0.481 e. The van der Waals surface area contributed by atoms with Crippen LogP contribution in [0.15, 0.2) is 24.5 Å². The molecule has 0 saturated carbocycles. The van der Waals surface area contributed by atoms with Crippen molar-refractivity contribution >= 4 is 5.97 Å². The molecule has 1 atom stereocenters. The van der Waals surface area contributed by atoms with E-state index in [0.29, 0.717) is 5.56 Å². The predicted octanol–water partition coefficient (Wildman–Crippen LogP) is 2.18. The van der Waals surface area contributed by atoms with Crippen molar-refractivity contribution in [3.63, 3.8) is 0 Å². The van der Waals surface area contributed by atoms with Crippen molar-refractivity contribution in [1.29, 1.82) is 0 Å². The second kappa shape index (κ2) is 5.62. The highest BCUT2D eigenvalue weighted by atomic mass is 19.4. The van der Waals surface area contributed by atoms with Crippen molar-refractivity contribution in [3.05, 3.63) is 30.1 Å². The van der Waals surface area contributed by atoms with Crippen LogP contribution >= 0.6 is 0 Å². The van der Waals surface area contributed by atoms with Crippen molar-refractivity contribution in [3.8, 4) is 0 Å². The first-order valence-electron chi connectivity index (χ1n) is 4.73. The standard InChI is InChI=1S/C10H10F3NO3/c11-10(12,13)17-5-3-8(9(15)16)7-2-1-4-14-6-7/h1-2,4,6,8H,3,5H2,(H,15,16). The van der Waals surface area contributed by atoms with Gasteiger partial charge in [-0.2, -0.15) is 0 Å².